The molecule has 0 saturated carbocycles. The number of nitrogens with zero attached hydrogens (tertiary/aromatic N) is 2. The van der Waals surface area contributed by atoms with Crippen molar-refractivity contribution in [2.24, 2.45) is 0 Å². The fraction of sp³-hybridized carbons (Fsp3) is 0.467. The molecule has 21 heavy (non-hydrogen) atoms. The van der Waals surface area contributed by atoms with Crippen LogP contribution < -0.4 is 5.32 Å². The van der Waals surface area contributed by atoms with E-state index in [1.54, 1.807) is 11.3 Å². The summed E-state index contributed by atoms with van der Waals surface area (Å²) in [7, 11) is 0. The number of aromatic nitrogens is 1. The van der Waals surface area contributed by atoms with E-state index in [1.165, 1.54) is 10.4 Å². The first-order valence-electron chi connectivity index (χ1n) is 7.16. The Morgan fingerprint density at radius 3 is 3.10 bits per heavy atom. The molecule has 5 nitrogen and oxygen atoms in total. The van der Waals surface area contributed by atoms with Crippen molar-refractivity contribution in [2.75, 3.05) is 6.54 Å². The number of nitrogens with one attached hydrogen (secondary N) is 1. The van der Waals surface area contributed by atoms with Gasteiger partial charge in [0.2, 0.25) is 0 Å². The highest BCUT2D eigenvalue weighted by atomic mass is 32.1. The van der Waals surface area contributed by atoms with E-state index in [0.29, 0.717) is 6.54 Å². The van der Waals surface area contributed by atoms with E-state index in [-0.39, 0.29) is 12.1 Å². The summed E-state index contributed by atoms with van der Waals surface area (Å²) in [5, 5.41) is 8.98. The maximum Gasteiger partial charge on any atom is 0.318 e. The second kappa shape index (κ2) is 5.89. The Morgan fingerprint density at radius 2 is 2.43 bits per heavy atom. The molecule has 2 aromatic rings. The van der Waals surface area contributed by atoms with Crippen molar-refractivity contribution in [3.63, 3.8) is 0 Å². The molecule has 1 saturated heterocycles. The Bertz CT molecular complexity index is 634. The maximum atomic E-state index is 12.4. The van der Waals surface area contributed by atoms with E-state index in [2.05, 4.69) is 23.5 Å². The Balaban J connectivity index is 1.65. The lowest BCUT2D eigenvalue weighted by molar-refractivity contribution is 0.182. The van der Waals surface area contributed by atoms with E-state index in [1.807, 2.05) is 23.3 Å². The lowest BCUT2D eigenvalue weighted by atomic mass is 10.1. The van der Waals surface area contributed by atoms with Gasteiger partial charge in [0.25, 0.3) is 0 Å². The zero-order chi connectivity index (χ0) is 14.8. The predicted octanol–water partition coefficient (Wildman–Crippen LogP) is 3.40. The fourth-order valence-electron chi connectivity index (χ4n) is 2.69. The lowest BCUT2D eigenvalue weighted by Gasteiger charge is -2.23. The minimum Gasteiger partial charge on any atom is -0.359 e. The number of thiophene rings is 1. The highest BCUT2D eigenvalue weighted by Gasteiger charge is 2.32. The second-order valence-corrected chi connectivity index (χ2v) is 6.41. The van der Waals surface area contributed by atoms with Gasteiger partial charge in [-0.05, 0) is 43.7 Å². The summed E-state index contributed by atoms with van der Waals surface area (Å²) < 4.78 is 5.33. The van der Waals surface area contributed by atoms with Crippen LogP contribution in [0.4, 0.5) is 4.79 Å². The molecule has 1 N–H and O–H groups in total. The van der Waals surface area contributed by atoms with Gasteiger partial charge >= 0.3 is 6.03 Å². The van der Waals surface area contributed by atoms with E-state index >= 15 is 0 Å². The number of hydrogen-bond acceptors (Lipinski definition) is 4. The lowest BCUT2D eigenvalue weighted by Crippen LogP contribution is -2.39. The molecule has 1 aliphatic heterocycles. The number of aryl methyl sites for hydroxylation is 2. The number of rotatable bonds is 3. The fourth-order valence-corrected chi connectivity index (χ4v) is 3.53. The maximum absolute atomic E-state index is 12.4. The number of likely N-dealkylation sites (tertiary alicyclic amines) is 1. The van der Waals surface area contributed by atoms with Crippen LogP contribution in [0.5, 0.6) is 0 Å². The van der Waals surface area contributed by atoms with Crippen LogP contribution in [0.2, 0.25) is 0 Å². The van der Waals surface area contributed by atoms with Gasteiger partial charge in [-0.2, -0.15) is 0 Å². The SMILES string of the molecule is Cc1cc([C@@H]2CCCN2C(=O)NCc2sccc2C)on1. The molecule has 0 aliphatic carbocycles. The standard InChI is InChI=1S/C15H19N3O2S/c1-10-5-7-21-14(10)9-16-15(19)18-6-3-4-12(18)13-8-11(2)17-20-13/h5,7-8,12H,3-4,6,9H2,1-2H3,(H,16,19)/t12-/m0/s1. The Kier molecular flexibility index (Phi) is 3.96. The number of amides is 2. The molecule has 3 rings (SSSR count). The van der Waals surface area contributed by atoms with Crippen LogP contribution in [0.25, 0.3) is 0 Å². The molecule has 2 amide bonds. The molecular weight excluding hydrogens is 286 g/mol. The molecule has 2 aromatic heterocycles. The van der Waals surface area contributed by atoms with E-state index in [4.69, 9.17) is 4.52 Å². The van der Waals surface area contributed by atoms with Gasteiger partial charge in [-0.25, -0.2) is 4.79 Å². The molecule has 0 radical (unpaired) electrons. The summed E-state index contributed by atoms with van der Waals surface area (Å²) in [6.07, 6.45) is 1.93. The predicted molar refractivity (Wildman–Crippen MR) is 81.2 cm³/mol. The minimum atomic E-state index is -0.0284. The molecule has 112 valence electrons. The molecule has 3 heterocycles. The normalized spacial score (nSPS) is 18.2. The summed E-state index contributed by atoms with van der Waals surface area (Å²) >= 11 is 1.67. The zero-order valence-corrected chi connectivity index (χ0v) is 13.1. The van der Waals surface area contributed by atoms with Gasteiger partial charge in [-0.15, -0.1) is 11.3 Å². The van der Waals surface area contributed by atoms with E-state index in [9.17, 15) is 4.79 Å². The number of hydrogen-bond donors (Lipinski definition) is 1. The van der Waals surface area contributed by atoms with Crippen LogP contribution >= 0.6 is 11.3 Å². The van der Waals surface area contributed by atoms with Gasteiger partial charge in [0.05, 0.1) is 18.3 Å². The van der Waals surface area contributed by atoms with Crippen LogP contribution in [0.1, 0.15) is 40.8 Å². The summed E-state index contributed by atoms with van der Waals surface area (Å²) in [4.78, 5) is 15.5. The van der Waals surface area contributed by atoms with Crippen molar-refractivity contribution < 1.29 is 9.32 Å². The quantitative estimate of drug-likeness (QED) is 0.945. The summed E-state index contributed by atoms with van der Waals surface area (Å²) in [6, 6.07) is 3.97. The van der Waals surface area contributed by atoms with E-state index in [0.717, 1.165) is 30.8 Å². The van der Waals surface area contributed by atoms with Crippen molar-refractivity contribution in [1.29, 1.82) is 0 Å². The van der Waals surface area contributed by atoms with Gasteiger partial charge in [0.1, 0.15) is 0 Å². The molecule has 1 fully saturated rings. The molecule has 0 unspecified atom stereocenters. The number of carbonyl (C=O) groups excluding carboxylic acids is 1. The zero-order valence-electron chi connectivity index (χ0n) is 12.3. The topological polar surface area (TPSA) is 58.4 Å². The van der Waals surface area contributed by atoms with Crippen molar-refractivity contribution in [3.8, 4) is 0 Å². The number of carbonyl (C=O) groups is 1. The third-order valence-electron chi connectivity index (χ3n) is 3.86. The molecule has 1 aliphatic rings. The molecule has 0 bridgehead atoms. The molecule has 6 heteroatoms. The number of urea groups is 1. The van der Waals surface area contributed by atoms with Crippen LogP contribution in [0.3, 0.4) is 0 Å². The molecule has 0 aromatic carbocycles. The Hall–Kier alpha value is -1.82. The Morgan fingerprint density at radius 1 is 1.57 bits per heavy atom. The second-order valence-electron chi connectivity index (χ2n) is 5.41. The van der Waals surface area contributed by atoms with Crippen LogP contribution in [0, 0.1) is 13.8 Å². The van der Waals surface area contributed by atoms with Crippen molar-refractivity contribution in [1.82, 2.24) is 15.4 Å². The van der Waals surface area contributed by atoms with Crippen molar-refractivity contribution in [3.05, 3.63) is 39.4 Å². The first-order valence-corrected chi connectivity index (χ1v) is 8.04. The van der Waals surface area contributed by atoms with E-state index < -0.39 is 0 Å². The average Bonchev–Trinajstić information content (AvgIpc) is 3.16. The first kappa shape index (κ1) is 14.1. The molecule has 0 spiro atoms. The first-order chi connectivity index (χ1) is 10.1. The van der Waals surface area contributed by atoms with Gasteiger partial charge in [0, 0.05) is 17.5 Å². The minimum absolute atomic E-state index is 0.00985. The summed E-state index contributed by atoms with van der Waals surface area (Å²) in [5.41, 5.74) is 2.08. The van der Waals surface area contributed by atoms with Crippen molar-refractivity contribution >= 4 is 17.4 Å². The van der Waals surface area contributed by atoms with Crippen molar-refractivity contribution in [2.45, 2.75) is 39.3 Å². The highest BCUT2D eigenvalue weighted by Crippen LogP contribution is 2.32. The van der Waals surface area contributed by atoms with Crippen LogP contribution in [0.15, 0.2) is 22.0 Å². The third kappa shape index (κ3) is 2.95. The Labute approximate surface area is 127 Å². The van der Waals surface area contributed by atoms with Gasteiger partial charge in [0.15, 0.2) is 5.76 Å². The average molecular weight is 305 g/mol. The summed E-state index contributed by atoms with van der Waals surface area (Å²) in [6.45, 7) is 5.31. The molecular formula is C15H19N3O2S. The van der Waals surface area contributed by atoms with Crippen LogP contribution in [-0.2, 0) is 6.54 Å². The van der Waals surface area contributed by atoms with Crippen LogP contribution in [-0.4, -0.2) is 22.6 Å². The monoisotopic (exact) mass is 305 g/mol. The highest BCUT2D eigenvalue weighted by molar-refractivity contribution is 7.10. The largest absolute Gasteiger partial charge is 0.359 e. The summed E-state index contributed by atoms with van der Waals surface area (Å²) in [5.74, 6) is 0.785. The van der Waals surface area contributed by atoms with Gasteiger partial charge in [-0.1, -0.05) is 5.16 Å². The van der Waals surface area contributed by atoms with Gasteiger partial charge in [-0.3, -0.25) is 0 Å². The van der Waals surface area contributed by atoms with Gasteiger partial charge < -0.3 is 14.7 Å². The third-order valence-corrected chi connectivity index (χ3v) is 4.88. The molecule has 1 atom stereocenters. The smallest absolute Gasteiger partial charge is 0.318 e.